The van der Waals surface area contributed by atoms with Crippen LogP contribution in [-0.4, -0.2) is 22.0 Å². The highest BCUT2D eigenvalue weighted by Gasteiger charge is 2.34. The van der Waals surface area contributed by atoms with E-state index in [1.54, 1.807) is 6.20 Å². The molecule has 23 heavy (non-hydrogen) atoms. The molecule has 0 bridgehead atoms. The number of nitrogens with one attached hydrogen (secondary N) is 1. The van der Waals surface area contributed by atoms with Crippen molar-refractivity contribution in [3.8, 4) is 0 Å². The van der Waals surface area contributed by atoms with Gasteiger partial charge in [0, 0.05) is 30.7 Å². The van der Waals surface area contributed by atoms with Crippen molar-refractivity contribution in [1.82, 2.24) is 14.9 Å². The summed E-state index contributed by atoms with van der Waals surface area (Å²) in [6, 6.07) is 1.80. The Kier molecular flexibility index (Phi) is 5.54. The van der Waals surface area contributed by atoms with Crippen LogP contribution >= 0.6 is 11.3 Å². The van der Waals surface area contributed by atoms with Gasteiger partial charge in [0.25, 0.3) is 5.56 Å². The van der Waals surface area contributed by atoms with Crippen LogP contribution in [0.2, 0.25) is 0 Å². The van der Waals surface area contributed by atoms with E-state index in [-0.39, 0.29) is 0 Å². The van der Waals surface area contributed by atoms with E-state index in [4.69, 9.17) is 0 Å². The maximum atomic E-state index is 12.6. The predicted molar refractivity (Wildman–Crippen MR) is 79.1 cm³/mol. The number of carbonyl (C=O) groups is 1. The molecule has 0 spiro atoms. The quantitative estimate of drug-likeness (QED) is 0.815. The van der Waals surface area contributed by atoms with Crippen molar-refractivity contribution < 1.29 is 18.0 Å². The number of hydrogen-bond acceptors (Lipinski definition) is 4. The van der Waals surface area contributed by atoms with Crippen LogP contribution in [-0.2, 0) is 23.9 Å². The van der Waals surface area contributed by atoms with E-state index in [0.717, 1.165) is 21.8 Å². The monoisotopic (exact) mass is 345 g/mol. The molecule has 0 fully saturated rings. The molecule has 0 aliphatic carbocycles. The summed E-state index contributed by atoms with van der Waals surface area (Å²) in [5.41, 5.74) is -2.51. The molecule has 2 aromatic rings. The summed E-state index contributed by atoms with van der Waals surface area (Å²) in [6.45, 7) is -0.0773. The Morgan fingerprint density at radius 2 is 2.17 bits per heavy atom. The van der Waals surface area contributed by atoms with Gasteiger partial charge in [-0.3, -0.25) is 9.59 Å². The number of amides is 1. The third kappa shape index (κ3) is 4.92. The van der Waals surface area contributed by atoms with Gasteiger partial charge in [0.15, 0.2) is 0 Å². The zero-order valence-corrected chi connectivity index (χ0v) is 12.8. The molecule has 0 radical (unpaired) electrons. The summed E-state index contributed by atoms with van der Waals surface area (Å²) in [6.07, 6.45) is -0.506. The van der Waals surface area contributed by atoms with Crippen LogP contribution in [0.15, 0.2) is 34.7 Å². The van der Waals surface area contributed by atoms with Crippen molar-refractivity contribution in [1.29, 1.82) is 0 Å². The minimum absolute atomic E-state index is 0.367. The lowest BCUT2D eigenvalue weighted by atomic mass is 10.2. The summed E-state index contributed by atoms with van der Waals surface area (Å²) in [5.74, 6) is -0.509. The van der Waals surface area contributed by atoms with Crippen molar-refractivity contribution in [2.45, 2.75) is 25.6 Å². The molecule has 2 rings (SSSR count). The van der Waals surface area contributed by atoms with Gasteiger partial charge in [-0.2, -0.15) is 13.2 Å². The normalized spacial score (nSPS) is 11.4. The SMILES string of the molecule is O=C(Cn1cccc(C(F)(F)F)c1=O)NCCCc1nccs1. The molecule has 2 heterocycles. The van der Waals surface area contributed by atoms with E-state index in [2.05, 4.69) is 10.3 Å². The lowest BCUT2D eigenvalue weighted by Gasteiger charge is -2.10. The van der Waals surface area contributed by atoms with Crippen LogP contribution in [0, 0.1) is 0 Å². The van der Waals surface area contributed by atoms with Crippen molar-refractivity contribution in [2.75, 3.05) is 6.54 Å². The van der Waals surface area contributed by atoms with Gasteiger partial charge >= 0.3 is 6.18 Å². The highest BCUT2D eigenvalue weighted by Crippen LogP contribution is 2.25. The number of aromatic nitrogens is 2. The van der Waals surface area contributed by atoms with Crippen LogP contribution in [0.25, 0.3) is 0 Å². The Morgan fingerprint density at radius 1 is 1.39 bits per heavy atom. The van der Waals surface area contributed by atoms with Gasteiger partial charge in [-0.15, -0.1) is 11.3 Å². The van der Waals surface area contributed by atoms with E-state index in [1.165, 1.54) is 11.3 Å². The third-order valence-corrected chi connectivity index (χ3v) is 3.85. The Hall–Kier alpha value is -2.16. The van der Waals surface area contributed by atoms with Crippen molar-refractivity contribution in [3.05, 3.63) is 50.8 Å². The molecule has 1 N–H and O–H groups in total. The molecule has 9 heteroatoms. The summed E-state index contributed by atoms with van der Waals surface area (Å²) in [7, 11) is 0. The first kappa shape index (κ1) is 17.2. The fourth-order valence-corrected chi connectivity index (χ4v) is 2.59. The second-order valence-electron chi connectivity index (χ2n) is 4.73. The second-order valence-corrected chi connectivity index (χ2v) is 5.71. The van der Waals surface area contributed by atoms with Crippen LogP contribution in [0.5, 0.6) is 0 Å². The van der Waals surface area contributed by atoms with E-state index < -0.39 is 29.8 Å². The highest BCUT2D eigenvalue weighted by molar-refractivity contribution is 7.09. The Bertz CT molecular complexity index is 711. The van der Waals surface area contributed by atoms with Crippen molar-refractivity contribution >= 4 is 17.2 Å². The number of nitrogens with zero attached hydrogens (tertiary/aromatic N) is 2. The standard InChI is InChI=1S/C14H14F3N3O2S/c15-14(16,17)10-3-2-7-20(13(10)22)9-11(21)18-5-1-4-12-19-6-8-23-12/h2-3,6-8H,1,4-5,9H2,(H,18,21). The molecule has 0 aliphatic rings. The number of hydrogen-bond donors (Lipinski definition) is 1. The molecule has 2 aromatic heterocycles. The van der Waals surface area contributed by atoms with E-state index in [0.29, 0.717) is 25.5 Å². The summed E-state index contributed by atoms with van der Waals surface area (Å²) < 4.78 is 38.6. The summed E-state index contributed by atoms with van der Waals surface area (Å²) in [4.78, 5) is 27.5. The molecule has 0 unspecified atom stereocenters. The average Bonchev–Trinajstić information content (AvgIpc) is 2.98. The molecule has 0 atom stereocenters. The number of carbonyl (C=O) groups excluding carboxylic acids is 1. The minimum atomic E-state index is -4.73. The first-order valence-corrected chi connectivity index (χ1v) is 7.67. The Balaban J connectivity index is 1.87. The molecule has 0 saturated heterocycles. The number of pyridine rings is 1. The van der Waals surface area contributed by atoms with E-state index in [9.17, 15) is 22.8 Å². The van der Waals surface area contributed by atoms with Gasteiger partial charge in [0.1, 0.15) is 12.1 Å². The van der Waals surface area contributed by atoms with Gasteiger partial charge in [-0.05, 0) is 18.6 Å². The maximum absolute atomic E-state index is 12.6. The fraction of sp³-hybridized carbons (Fsp3) is 0.357. The summed E-state index contributed by atoms with van der Waals surface area (Å²) in [5, 5.41) is 5.38. The average molecular weight is 345 g/mol. The highest BCUT2D eigenvalue weighted by atomic mass is 32.1. The van der Waals surface area contributed by atoms with Crippen LogP contribution in [0.3, 0.4) is 0 Å². The lowest BCUT2D eigenvalue weighted by Crippen LogP contribution is -2.35. The zero-order valence-electron chi connectivity index (χ0n) is 12.0. The molecule has 5 nitrogen and oxygen atoms in total. The molecule has 124 valence electrons. The molecular weight excluding hydrogens is 331 g/mol. The van der Waals surface area contributed by atoms with Crippen LogP contribution in [0.1, 0.15) is 17.0 Å². The number of halogens is 3. The number of thiazole rings is 1. The second kappa shape index (κ2) is 7.40. The number of aryl methyl sites for hydroxylation is 1. The molecule has 1 amide bonds. The number of rotatable bonds is 6. The van der Waals surface area contributed by atoms with Crippen LogP contribution in [0.4, 0.5) is 13.2 Å². The molecule has 0 saturated carbocycles. The minimum Gasteiger partial charge on any atom is -0.355 e. The third-order valence-electron chi connectivity index (χ3n) is 3.01. The lowest BCUT2D eigenvalue weighted by molar-refractivity contribution is -0.139. The Labute approximate surface area is 133 Å². The van der Waals surface area contributed by atoms with Crippen LogP contribution < -0.4 is 10.9 Å². The summed E-state index contributed by atoms with van der Waals surface area (Å²) >= 11 is 1.51. The Morgan fingerprint density at radius 3 is 2.83 bits per heavy atom. The predicted octanol–water partition coefficient (Wildman–Crippen LogP) is 2.07. The van der Waals surface area contributed by atoms with Gasteiger partial charge in [-0.1, -0.05) is 0 Å². The van der Waals surface area contributed by atoms with E-state index >= 15 is 0 Å². The van der Waals surface area contributed by atoms with E-state index in [1.807, 2.05) is 5.38 Å². The van der Waals surface area contributed by atoms with Crippen molar-refractivity contribution in [3.63, 3.8) is 0 Å². The smallest absolute Gasteiger partial charge is 0.355 e. The zero-order chi connectivity index (χ0) is 16.9. The number of alkyl halides is 3. The van der Waals surface area contributed by atoms with Gasteiger partial charge in [0.05, 0.1) is 5.01 Å². The first-order valence-electron chi connectivity index (χ1n) is 6.79. The van der Waals surface area contributed by atoms with Gasteiger partial charge in [0.2, 0.25) is 5.91 Å². The van der Waals surface area contributed by atoms with Crippen molar-refractivity contribution in [2.24, 2.45) is 0 Å². The van der Waals surface area contributed by atoms with Gasteiger partial charge < -0.3 is 9.88 Å². The maximum Gasteiger partial charge on any atom is 0.421 e. The molecule has 0 aliphatic heterocycles. The molecule has 0 aromatic carbocycles. The largest absolute Gasteiger partial charge is 0.421 e. The fourth-order valence-electron chi connectivity index (χ4n) is 1.93. The topological polar surface area (TPSA) is 64.0 Å². The first-order chi connectivity index (χ1) is 10.9. The molecular formula is C14H14F3N3O2S. The van der Waals surface area contributed by atoms with Gasteiger partial charge in [-0.25, -0.2) is 4.98 Å².